The van der Waals surface area contributed by atoms with E-state index in [1.54, 1.807) is 0 Å². The van der Waals surface area contributed by atoms with Gasteiger partial charge in [0.15, 0.2) is 5.96 Å². The van der Waals surface area contributed by atoms with Crippen molar-refractivity contribution < 1.29 is 0 Å². The second-order valence-electron chi connectivity index (χ2n) is 6.13. The van der Waals surface area contributed by atoms with Crippen molar-refractivity contribution in [3.8, 4) is 0 Å². The quantitative estimate of drug-likeness (QED) is 0.571. The van der Waals surface area contributed by atoms with Crippen LogP contribution in [0.3, 0.4) is 0 Å². The van der Waals surface area contributed by atoms with Gasteiger partial charge in [0, 0.05) is 25.2 Å². The highest BCUT2D eigenvalue weighted by molar-refractivity contribution is 5.79. The van der Waals surface area contributed by atoms with E-state index in [4.69, 9.17) is 4.99 Å². The van der Waals surface area contributed by atoms with E-state index in [0.717, 1.165) is 38.1 Å². The molecule has 0 saturated heterocycles. The Kier molecular flexibility index (Phi) is 6.72. The summed E-state index contributed by atoms with van der Waals surface area (Å²) in [5.74, 6) is 0.925. The highest BCUT2D eigenvalue weighted by Gasteiger charge is 2.28. The van der Waals surface area contributed by atoms with E-state index in [2.05, 4.69) is 66.8 Å². The van der Waals surface area contributed by atoms with Gasteiger partial charge in [-0.05, 0) is 45.7 Å². The summed E-state index contributed by atoms with van der Waals surface area (Å²) in [6.45, 7) is 7.00. The molecule has 0 radical (unpaired) electrons. The average molecular weight is 302 g/mol. The molecule has 1 aliphatic carbocycles. The maximum atomic E-state index is 4.73. The van der Waals surface area contributed by atoms with Crippen molar-refractivity contribution in [2.45, 2.75) is 45.2 Å². The number of hydrogen-bond donors (Lipinski definition) is 2. The molecule has 122 valence electrons. The van der Waals surface area contributed by atoms with E-state index >= 15 is 0 Å². The summed E-state index contributed by atoms with van der Waals surface area (Å²) < 4.78 is 0. The molecule has 0 amide bonds. The fourth-order valence-corrected chi connectivity index (χ4v) is 2.51. The van der Waals surface area contributed by atoms with E-state index in [0.29, 0.717) is 6.04 Å². The minimum absolute atomic E-state index is 0.497. The Hall–Kier alpha value is -1.55. The number of nitrogens with zero attached hydrogens (tertiary/aromatic N) is 2. The molecule has 0 bridgehead atoms. The van der Waals surface area contributed by atoms with Crippen molar-refractivity contribution in [1.29, 1.82) is 0 Å². The summed E-state index contributed by atoms with van der Waals surface area (Å²) >= 11 is 0. The van der Waals surface area contributed by atoms with E-state index in [9.17, 15) is 0 Å². The molecule has 1 aliphatic rings. The van der Waals surface area contributed by atoms with Gasteiger partial charge in [-0.15, -0.1) is 0 Å². The maximum absolute atomic E-state index is 4.73. The second kappa shape index (κ2) is 8.79. The Bertz CT molecular complexity index is 453. The predicted octanol–water partition coefficient (Wildman–Crippen LogP) is 2.27. The Morgan fingerprint density at radius 1 is 1.27 bits per heavy atom. The minimum Gasteiger partial charge on any atom is -0.357 e. The lowest BCUT2D eigenvalue weighted by Crippen LogP contribution is -2.40. The average Bonchev–Trinajstić information content (AvgIpc) is 3.37. The van der Waals surface area contributed by atoms with Gasteiger partial charge in [0.2, 0.25) is 0 Å². The third-order valence-electron chi connectivity index (χ3n) is 4.22. The third kappa shape index (κ3) is 5.68. The van der Waals surface area contributed by atoms with E-state index in [1.165, 1.54) is 18.4 Å². The molecule has 1 atom stereocenters. The highest BCUT2D eigenvalue weighted by Crippen LogP contribution is 2.26. The van der Waals surface area contributed by atoms with Gasteiger partial charge in [-0.25, -0.2) is 0 Å². The molecule has 0 heterocycles. The fourth-order valence-electron chi connectivity index (χ4n) is 2.51. The van der Waals surface area contributed by atoms with E-state index in [1.807, 2.05) is 0 Å². The number of nitrogens with one attached hydrogen (secondary N) is 2. The van der Waals surface area contributed by atoms with Crippen LogP contribution in [0.2, 0.25) is 0 Å². The first-order valence-corrected chi connectivity index (χ1v) is 8.48. The van der Waals surface area contributed by atoms with Gasteiger partial charge in [-0.1, -0.05) is 30.3 Å². The molecule has 0 aromatic heterocycles. The zero-order valence-electron chi connectivity index (χ0n) is 14.2. The van der Waals surface area contributed by atoms with Crippen molar-refractivity contribution in [3.05, 3.63) is 35.9 Å². The Labute approximate surface area is 135 Å². The number of likely N-dealkylation sites (N-methyl/N-ethyl adjacent to an activating group) is 1. The number of benzene rings is 1. The lowest BCUT2D eigenvalue weighted by molar-refractivity contribution is 0.253. The van der Waals surface area contributed by atoms with Crippen LogP contribution in [0.25, 0.3) is 0 Å². The van der Waals surface area contributed by atoms with Crippen LogP contribution in [0.5, 0.6) is 0 Å². The summed E-state index contributed by atoms with van der Waals surface area (Å²) in [4.78, 5) is 7.18. The van der Waals surface area contributed by atoms with Crippen LogP contribution >= 0.6 is 0 Å². The van der Waals surface area contributed by atoms with E-state index in [-0.39, 0.29) is 0 Å². The van der Waals surface area contributed by atoms with Crippen LogP contribution in [0.15, 0.2) is 35.3 Å². The molecule has 4 nitrogen and oxygen atoms in total. The normalized spacial score (nSPS) is 16.6. The molecule has 2 rings (SSSR count). The molecule has 1 saturated carbocycles. The monoisotopic (exact) mass is 302 g/mol. The summed E-state index contributed by atoms with van der Waals surface area (Å²) in [5.41, 5.74) is 1.35. The van der Waals surface area contributed by atoms with Crippen molar-refractivity contribution in [3.63, 3.8) is 0 Å². The van der Waals surface area contributed by atoms with Crippen LogP contribution in [-0.4, -0.2) is 49.6 Å². The summed E-state index contributed by atoms with van der Waals surface area (Å²) in [6.07, 6.45) is 3.71. The van der Waals surface area contributed by atoms with Gasteiger partial charge in [0.25, 0.3) is 0 Å². The molecule has 0 spiro atoms. The molecule has 1 fully saturated rings. The molecule has 1 unspecified atom stereocenters. The van der Waals surface area contributed by atoms with Crippen LogP contribution < -0.4 is 10.6 Å². The fraction of sp³-hybridized carbons (Fsp3) is 0.611. The van der Waals surface area contributed by atoms with Gasteiger partial charge < -0.3 is 10.6 Å². The Balaban J connectivity index is 1.76. The number of hydrogen-bond acceptors (Lipinski definition) is 2. The SMILES string of the molecule is CCNC(=NCC(C)N(C)C1CC1)NCCc1ccccc1. The number of aliphatic imine (C=N–C) groups is 1. The van der Waals surface area contributed by atoms with Crippen LogP contribution in [-0.2, 0) is 6.42 Å². The van der Waals surface area contributed by atoms with Crippen molar-refractivity contribution >= 4 is 5.96 Å². The first kappa shape index (κ1) is 16.8. The Morgan fingerprint density at radius 2 is 2.00 bits per heavy atom. The van der Waals surface area contributed by atoms with E-state index < -0.39 is 0 Å². The third-order valence-corrected chi connectivity index (χ3v) is 4.22. The molecule has 0 aliphatic heterocycles. The molecular formula is C18H30N4. The zero-order valence-corrected chi connectivity index (χ0v) is 14.2. The van der Waals surface area contributed by atoms with Crippen molar-refractivity contribution in [1.82, 2.24) is 15.5 Å². The molecule has 2 N–H and O–H groups in total. The molecule has 22 heavy (non-hydrogen) atoms. The van der Waals surface area contributed by atoms with Crippen molar-refractivity contribution in [2.75, 3.05) is 26.7 Å². The van der Waals surface area contributed by atoms with Crippen LogP contribution in [0.4, 0.5) is 0 Å². The zero-order chi connectivity index (χ0) is 15.8. The van der Waals surface area contributed by atoms with Gasteiger partial charge in [0.05, 0.1) is 6.54 Å². The summed E-state index contributed by atoms with van der Waals surface area (Å²) in [6, 6.07) is 11.8. The highest BCUT2D eigenvalue weighted by atomic mass is 15.2. The Morgan fingerprint density at radius 3 is 2.64 bits per heavy atom. The maximum Gasteiger partial charge on any atom is 0.191 e. The molecule has 1 aromatic carbocycles. The topological polar surface area (TPSA) is 39.7 Å². The van der Waals surface area contributed by atoms with Crippen LogP contribution in [0, 0.1) is 0 Å². The molecule has 4 heteroatoms. The lowest BCUT2D eigenvalue weighted by Gasteiger charge is -2.23. The van der Waals surface area contributed by atoms with Gasteiger partial charge in [0.1, 0.15) is 0 Å². The first-order valence-electron chi connectivity index (χ1n) is 8.48. The first-order chi connectivity index (χ1) is 10.7. The molecule has 1 aromatic rings. The predicted molar refractivity (Wildman–Crippen MR) is 94.4 cm³/mol. The van der Waals surface area contributed by atoms with Gasteiger partial charge in [-0.3, -0.25) is 9.89 Å². The molecular weight excluding hydrogens is 272 g/mol. The van der Waals surface area contributed by atoms with Crippen molar-refractivity contribution in [2.24, 2.45) is 4.99 Å². The minimum atomic E-state index is 0.497. The lowest BCUT2D eigenvalue weighted by atomic mass is 10.1. The second-order valence-corrected chi connectivity index (χ2v) is 6.13. The summed E-state index contributed by atoms with van der Waals surface area (Å²) in [5, 5.41) is 6.76. The summed E-state index contributed by atoms with van der Waals surface area (Å²) in [7, 11) is 2.22. The van der Waals surface area contributed by atoms with Gasteiger partial charge in [-0.2, -0.15) is 0 Å². The standard InChI is InChI=1S/C18H30N4/c1-4-19-18(20-13-12-16-8-6-5-7-9-16)21-14-15(2)22(3)17-10-11-17/h5-9,15,17H,4,10-14H2,1-3H3,(H2,19,20,21). The number of rotatable bonds is 8. The smallest absolute Gasteiger partial charge is 0.191 e. The van der Waals surface area contributed by atoms with Gasteiger partial charge >= 0.3 is 0 Å². The largest absolute Gasteiger partial charge is 0.357 e. The number of guanidine groups is 1. The van der Waals surface area contributed by atoms with Crippen LogP contribution in [0.1, 0.15) is 32.3 Å².